The van der Waals surface area contributed by atoms with Gasteiger partial charge in [0.05, 0.1) is 0 Å². The van der Waals surface area contributed by atoms with E-state index in [4.69, 9.17) is 4.55 Å². The molecule has 0 radical (unpaired) electrons. The molecular weight excluding hydrogens is 334 g/mol. The Bertz CT molecular complexity index is 660. The number of ether oxygens (including phenoxy) is 1. The lowest BCUT2D eigenvalue weighted by molar-refractivity contribution is -0.0102. The van der Waals surface area contributed by atoms with Crippen LogP contribution in [0.5, 0.6) is 0 Å². The number of carbonyl (C=O) groups is 1. The fraction of sp³-hybridized carbons (Fsp3) is 0.222. The Balaban J connectivity index is 3.08. The van der Waals surface area contributed by atoms with Gasteiger partial charge in [0.25, 0.3) is 0 Å². The molecule has 0 aliphatic heterocycles. The molecular formula is C9H4F6O5S. The monoisotopic (exact) mass is 338 g/mol. The first-order valence-electron chi connectivity index (χ1n) is 4.73. The Labute approximate surface area is 112 Å². The van der Waals surface area contributed by atoms with Crippen LogP contribution in [0.3, 0.4) is 0 Å². The van der Waals surface area contributed by atoms with Gasteiger partial charge in [0.15, 0.2) is 29.9 Å². The molecule has 0 aliphatic carbocycles. The fourth-order valence-corrected chi connectivity index (χ4v) is 1.26. The zero-order valence-electron chi connectivity index (χ0n) is 9.54. The first kappa shape index (κ1) is 17.2. The maximum Gasteiger partial charge on any atom is 0.402 e. The first-order valence-corrected chi connectivity index (χ1v) is 6.17. The Kier molecular flexibility index (Phi) is 4.53. The van der Waals surface area contributed by atoms with E-state index in [1.54, 1.807) is 0 Å². The van der Waals surface area contributed by atoms with Gasteiger partial charge in [0.1, 0.15) is 5.56 Å². The molecule has 1 aromatic carbocycles. The number of hydrogen-bond acceptors (Lipinski definition) is 4. The summed E-state index contributed by atoms with van der Waals surface area (Å²) in [5.74, 6) is -10.7. The molecule has 0 aliphatic rings. The van der Waals surface area contributed by atoms with Crippen LogP contribution in [-0.4, -0.2) is 30.8 Å². The van der Waals surface area contributed by atoms with Crippen molar-refractivity contribution in [3.05, 3.63) is 34.9 Å². The summed E-state index contributed by atoms with van der Waals surface area (Å²) in [4.78, 5) is 11.1. The minimum absolute atomic E-state index is 0.242. The van der Waals surface area contributed by atoms with Crippen molar-refractivity contribution in [1.29, 1.82) is 0 Å². The van der Waals surface area contributed by atoms with Crippen LogP contribution in [0.1, 0.15) is 10.4 Å². The number of esters is 1. The van der Waals surface area contributed by atoms with E-state index >= 15 is 0 Å². The van der Waals surface area contributed by atoms with E-state index in [0.717, 1.165) is 0 Å². The summed E-state index contributed by atoms with van der Waals surface area (Å²) in [6.07, 6.45) is 0. The Hall–Kier alpha value is -1.82. The van der Waals surface area contributed by atoms with Crippen molar-refractivity contribution < 1.29 is 48.8 Å². The summed E-state index contributed by atoms with van der Waals surface area (Å²) >= 11 is 0. The molecule has 1 rings (SSSR count). The number of carbonyl (C=O) groups excluding carboxylic acids is 1. The van der Waals surface area contributed by atoms with Crippen LogP contribution in [0.15, 0.2) is 6.07 Å². The van der Waals surface area contributed by atoms with E-state index in [1.165, 1.54) is 0 Å². The van der Waals surface area contributed by atoms with Crippen molar-refractivity contribution in [1.82, 2.24) is 0 Å². The predicted octanol–water partition coefficient (Wildman–Crippen LogP) is 1.88. The van der Waals surface area contributed by atoms with Crippen molar-refractivity contribution in [2.24, 2.45) is 0 Å². The molecule has 0 unspecified atom stereocenters. The van der Waals surface area contributed by atoms with Crippen LogP contribution in [0.25, 0.3) is 0 Å². The van der Waals surface area contributed by atoms with Crippen LogP contribution in [0.2, 0.25) is 0 Å². The van der Waals surface area contributed by atoms with E-state index in [0.29, 0.717) is 0 Å². The number of benzene rings is 1. The van der Waals surface area contributed by atoms with Gasteiger partial charge < -0.3 is 4.74 Å². The molecule has 0 heterocycles. The molecule has 0 amide bonds. The van der Waals surface area contributed by atoms with Crippen molar-refractivity contribution in [2.75, 3.05) is 6.61 Å². The highest BCUT2D eigenvalue weighted by Gasteiger charge is 2.46. The molecule has 5 nitrogen and oxygen atoms in total. The molecule has 1 N–H and O–H groups in total. The summed E-state index contributed by atoms with van der Waals surface area (Å²) in [5, 5.41) is -4.97. The van der Waals surface area contributed by atoms with Gasteiger partial charge >= 0.3 is 21.3 Å². The lowest BCUT2D eigenvalue weighted by atomic mass is 10.2. The van der Waals surface area contributed by atoms with Gasteiger partial charge in [0, 0.05) is 6.07 Å². The smallest absolute Gasteiger partial charge is 0.402 e. The lowest BCUT2D eigenvalue weighted by Gasteiger charge is -2.13. The number of hydrogen-bond donors (Lipinski definition) is 1. The van der Waals surface area contributed by atoms with Crippen molar-refractivity contribution in [3.63, 3.8) is 0 Å². The number of rotatable bonds is 4. The van der Waals surface area contributed by atoms with E-state index in [2.05, 4.69) is 4.74 Å². The maximum atomic E-state index is 13.1. The SMILES string of the molecule is O=C(OCC(F)(F)S(=O)(=O)O)c1c(F)c(F)cc(F)c1F. The van der Waals surface area contributed by atoms with E-state index in [1.807, 2.05) is 0 Å². The molecule has 0 bridgehead atoms. The normalized spacial score (nSPS) is 12.3. The van der Waals surface area contributed by atoms with Crippen LogP contribution in [0, 0.1) is 23.3 Å². The van der Waals surface area contributed by atoms with Gasteiger partial charge in [-0.3, -0.25) is 4.55 Å². The van der Waals surface area contributed by atoms with Gasteiger partial charge in [-0.2, -0.15) is 17.2 Å². The average Bonchev–Trinajstić information content (AvgIpc) is 2.33. The third-order valence-electron chi connectivity index (χ3n) is 2.06. The van der Waals surface area contributed by atoms with Gasteiger partial charge in [-0.05, 0) is 0 Å². The van der Waals surface area contributed by atoms with Crippen molar-refractivity contribution in [2.45, 2.75) is 5.25 Å². The quantitative estimate of drug-likeness (QED) is 0.392. The molecule has 1 aromatic rings. The number of halogens is 6. The third kappa shape index (κ3) is 3.44. The van der Waals surface area contributed by atoms with E-state index < -0.39 is 56.8 Å². The summed E-state index contributed by atoms with van der Waals surface area (Å²) in [5.41, 5.74) is -1.96. The third-order valence-corrected chi connectivity index (χ3v) is 2.94. The van der Waals surface area contributed by atoms with E-state index in [9.17, 15) is 39.6 Å². The van der Waals surface area contributed by atoms with Crippen LogP contribution in [0.4, 0.5) is 26.3 Å². The molecule has 0 aromatic heterocycles. The molecule has 21 heavy (non-hydrogen) atoms. The zero-order chi connectivity index (χ0) is 16.6. The van der Waals surface area contributed by atoms with Gasteiger partial charge in [-0.15, -0.1) is 0 Å². The highest BCUT2D eigenvalue weighted by molar-refractivity contribution is 7.86. The van der Waals surface area contributed by atoms with Crippen molar-refractivity contribution >= 4 is 16.1 Å². The second-order valence-electron chi connectivity index (χ2n) is 3.53. The Morgan fingerprint density at radius 3 is 1.95 bits per heavy atom. The molecule has 118 valence electrons. The summed E-state index contributed by atoms with van der Waals surface area (Å²) in [7, 11) is -5.96. The fourth-order valence-electron chi connectivity index (χ4n) is 1.05. The van der Waals surface area contributed by atoms with Crippen LogP contribution >= 0.6 is 0 Å². The lowest BCUT2D eigenvalue weighted by Crippen LogP contribution is -2.34. The largest absolute Gasteiger partial charge is 0.454 e. The highest BCUT2D eigenvalue weighted by atomic mass is 32.2. The summed E-state index contributed by atoms with van der Waals surface area (Å²) in [6, 6.07) is -0.242. The molecule has 12 heteroatoms. The molecule has 0 saturated carbocycles. The molecule has 0 saturated heterocycles. The minimum Gasteiger partial charge on any atom is -0.454 e. The van der Waals surface area contributed by atoms with Gasteiger partial charge in [-0.25, -0.2) is 22.4 Å². The first-order chi connectivity index (χ1) is 9.38. The van der Waals surface area contributed by atoms with Crippen LogP contribution < -0.4 is 0 Å². The summed E-state index contributed by atoms with van der Waals surface area (Å²) < 4.78 is 109. The topological polar surface area (TPSA) is 80.7 Å². The Morgan fingerprint density at radius 2 is 1.57 bits per heavy atom. The van der Waals surface area contributed by atoms with Gasteiger partial charge in [0.2, 0.25) is 0 Å². The van der Waals surface area contributed by atoms with Crippen LogP contribution in [-0.2, 0) is 14.9 Å². The highest BCUT2D eigenvalue weighted by Crippen LogP contribution is 2.23. The Morgan fingerprint density at radius 1 is 1.14 bits per heavy atom. The standard InChI is InChI=1S/C9H4F6O5S/c10-3-1-4(11)7(13)5(6(3)12)8(16)20-2-9(14,15)21(17,18)19/h1H,2H2,(H,17,18,19). The molecule has 0 spiro atoms. The minimum atomic E-state index is -5.96. The predicted molar refractivity (Wildman–Crippen MR) is 53.1 cm³/mol. The summed E-state index contributed by atoms with van der Waals surface area (Å²) in [6.45, 7) is -2.32. The molecule has 0 fully saturated rings. The van der Waals surface area contributed by atoms with Gasteiger partial charge in [-0.1, -0.05) is 0 Å². The molecule has 0 atom stereocenters. The van der Waals surface area contributed by atoms with E-state index in [-0.39, 0.29) is 6.07 Å². The zero-order valence-corrected chi connectivity index (χ0v) is 10.4. The van der Waals surface area contributed by atoms with Crippen molar-refractivity contribution in [3.8, 4) is 0 Å². The second-order valence-corrected chi connectivity index (χ2v) is 5.08. The second kappa shape index (κ2) is 5.52. The number of alkyl halides is 2. The maximum absolute atomic E-state index is 13.1. The average molecular weight is 338 g/mol.